The van der Waals surface area contributed by atoms with Crippen LogP contribution in [0.15, 0.2) is 24.3 Å². The summed E-state index contributed by atoms with van der Waals surface area (Å²) in [5.41, 5.74) is 13.9. The Balaban J connectivity index is 3.22. The van der Waals surface area contributed by atoms with Gasteiger partial charge in [0.15, 0.2) is 0 Å². The molecular weight excluding hydrogens is 228 g/mol. The van der Waals surface area contributed by atoms with E-state index < -0.39 is 11.8 Å². The number of carbonyl (C=O) groups excluding carboxylic acids is 2. The van der Waals surface area contributed by atoms with Gasteiger partial charge in [-0.1, -0.05) is 12.1 Å². The van der Waals surface area contributed by atoms with E-state index in [9.17, 15) is 9.59 Å². The van der Waals surface area contributed by atoms with Crippen molar-refractivity contribution in [2.75, 3.05) is 0 Å². The van der Waals surface area contributed by atoms with E-state index in [1.165, 1.54) is 12.2 Å². The van der Waals surface area contributed by atoms with Crippen LogP contribution >= 0.6 is 0 Å². The fourth-order valence-electron chi connectivity index (χ4n) is 1.66. The van der Waals surface area contributed by atoms with E-state index in [-0.39, 0.29) is 0 Å². The van der Waals surface area contributed by atoms with Gasteiger partial charge >= 0.3 is 0 Å². The summed E-state index contributed by atoms with van der Waals surface area (Å²) in [6.45, 7) is 3.85. The minimum atomic E-state index is -0.496. The Labute approximate surface area is 106 Å². The van der Waals surface area contributed by atoms with Crippen molar-refractivity contribution in [1.82, 2.24) is 0 Å². The van der Waals surface area contributed by atoms with Crippen molar-refractivity contribution in [3.05, 3.63) is 46.5 Å². The lowest BCUT2D eigenvalue weighted by Gasteiger charge is -2.08. The molecule has 0 unspecified atom stereocenters. The van der Waals surface area contributed by atoms with Gasteiger partial charge in [0.1, 0.15) is 0 Å². The molecule has 4 N–H and O–H groups in total. The number of rotatable bonds is 4. The average molecular weight is 244 g/mol. The number of amides is 2. The van der Waals surface area contributed by atoms with Crippen LogP contribution in [0.4, 0.5) is 0 Å². The highest BCUT2D eigenvalue weighted by Crippen LogP contribution is 2.20. The van der Waals surface area contributed by atoms with Crippen LogP contribution in [0.5, 0.6) is 0 Å². The highest BCUT2D eigenvalue weighted by Gasteiger charge is 2.03. The second-order valence-electron chi connectivity index (χ2n) is 3.98. The number of benzene rings is 1. The summed E-state index contributed by atoms with van der Waals surface area (Å²) in [6.07, 6.45) is 5.95. The topological polar surface area (TPSA) is 86.2 Å². The molecule has 0 aromatic heterocycles. The van der Waals surface area contributed by atoms with Gasteiger partial charge in [-0.3, -0.25) is 9.59 Å². The Morgan fingerprint density at radius 1 is 1.00 bits per heavy atom. The quantitative estimate of drug-likeness (QED) is 0.782. The van der Waals surface area contributed by atoms with Crippen LogP contribution in [0.2, 0.25) is 0 Å². The molecule has 4 heteroatoms. The van der Waals surface area contributed by atoms with Gasteiger partial charge in [-0.15, -0.1) is 0 Å². The van der Waals surface area contributed by atoms with Crippen molar-refractivity contribution < 1.29 is 9.59 Å². The summed E-state index contributed by atoms with van der Waals surface area (Å²) >= 11 is 0. The minimum Gasteiger partial charge on any atom is -0.366 e. The van der Waals surface area contributed by atoms with E-state index in [1.54, 1.807) is 12.2 Å². The van der Waals surface area contributed by atoms with Crippen LogP contribution in [-0.2, 0) is 9.59 Å². The van der Waals surface area contributed by atoms with Crippen molar-refractivity contribution in [2.24, 2.45) is 11.5 Å². The van der Waals surface area contributed by atoms with Crippen LogP contribution in [0.1, 0.15) is 22.3 Å². The molecule has 0 saturated heterocycles. The third kappa shape index (κ3) is 3.59. The summed E-state index contributed by atoms with van der Waals surface area (Å²) in [7, 11) is 0. The Hall–Kier alpha value is -2.36. The summed E-state index contributed by atoms with van der Waals surface area (Å²) in [4.78, 5) is 21.5. The zero-order valence-corrected chi connectivity index (χ0v) is 10.4. The van der Waals surface area contributed by atoms with Crippen LogP contribution in [-0.4, -0.2) is 11.8 Å². The highest BCUT2D eigenvalue weighted by molar-refractivity contribution is 5.92. The van der Waals surface area contributed by atoms with Gasteiger partial charge in [-0.25, -0.2) is 0 Å². The molecule has 1 aromatic rings. The fraction of sp³-hybridized carbons (Fsp3) is 0.143. The highest BCUT2D eigenvalue weighted by atomic mass is 16.1. The lowest BCUT2D eigenvalue weighted by Crippen LogP contribution is -2.06. The Kier molecular flexibility index (Phi) is 4.43. The number of primary amides is 2. The van der Waals surface area contributed by atoms with E-state index in [0.29, 0.717) is 0 Å². The van der Waals surface area contributed by atoms with Crippen LogP contribution in [0, 0.1) is 13.8 Å². The molecule has 0 aliphatic heterocycles. The van der Waals surface area contributed by atoms with Crippen LogP contribution < -0.4 is 11.5 Å². The predicted octanol–water partition coefficient (Wildman–Crippen LogP) is 1.30. The summed E-state index contributed by atoms with van der Waals surface area (Å²) < 4.78 is 0. The molecule has 0 spiro atoms. The van der Waals surface area contributed by atoms with Gasteiger partial charge < -0.3 is 11.5 Å². The SMILES string of the molecule is Cc1ccc(/C=C/C(N)=O)c(C)c1/C=C/C(N)=O. The van der Waals surface area contributed by atoms with Crippen molar-refractivity contribution in [1.29, 1.82) is 0 Å². The molecule has 0 fully saturated rings. The first-order valence-electron chi connectivity index (χ1n) is 5.47. The van der Waals surface area contributed by atoms with Gasteiger partial charge in [0.05, 0.1) is 0 Å². The number of aryl methyl sites for hydroxylation is 1. The molecule has 1 rings (SSSR count). The van der Waals surface area contributed by atoms with Crippen molar-refractivity contribution >= 4 is 24.0 Å². The number of hydrogen-bond donors (Lipinski definition) is 2. The first-order valence-corrected chi connectivity index (χ1v) is 5.47. The van der Waals surface area contributed by atoms with E-state index >= 15 is 0 Å². The molecule has 4 nitrogen and oxygen atoms in total. The average Bonchev–Trinajstić information content (AvgIpc) is 2.27. The van der Waals surface area contributed by atoms with Crippen molar-refractivity contribution in [3.8, 4) is 0 Å². The van der Waals surface area contributed by atoms with E-state index in [0.717, 1.165) is 22.3 Å². The summed E-state index contributed by atoms with van der Waals surface area (Å²) in [5.74, 6) is -0.990. The molecule has 0 bridgehead atoms. The minimum absolute atomic E-state index is 0.494. The first-order chi connectivity index (χ1) is 8.41. The molecule has 0 heterocycles. The molecular formula is C14H16N2O2. The normalized spacial score (nSPS) is 11.2. The van der Waals surface area contributed by atoms with E-state index in [4.69, 9.17) is 11.5 Å². The van der Waals surface area contributed by atoms with Crippen molar-refractivity contribution in [2.45, 2.75) is 13.8 Å². The smallest absolute Gasteiger partial charge is 0.241 e. The maximum absolute atomic E-state index is 10.8. The van der Waals surface area contributed by atoms with Crippen molar-refractivity contribution in [3.63, 3.8) is 0 Å². The molecule has 0 aliphatic rings. The molecule has 0 aliphatic carbocycles. The molecule has 0 atom stereocenters. The largest absolute Gasteiger partial charge is 0.366 e. The van der Waals surface area contributed by atoms with Gasteiger partial charge in [-0.05, 0) is 48.3 Å². The molecule has 2 amide bonds. The zero-order valence-electron chi connectivity index (χ0n) is 10.4. The number of hydrogen-bond acceptors (Lipinski definition) is 2. The number of nitrogens with two attached hydrogens (primary N) is 2. The summed E-state index contributed by atoms with van der Waals surface area (Å²) in [5, 5.41) is 0. The van der Waals surface area contributed by atoms with Crippen LogP contribution in [0.25, 0.3) is 12.2 Å². The van der Waals surface area contributed by atoms with Gasteiger partial charge in [0, 0.05) is 12.2 Å². The predicted molar refractivity (Wildman–Crippen MR) is 72.4 cm³/mol. The molecule has 0 saturated carbocycles. The lowest BCUT2D eigenvalue weighted by atomic mass is 9.97. The lowest BCUT2D eigenvalue weighted by molar-refractivity contribution is -0.114. The second kappa shape index (κ2) is 5.82. The maximum Gasteiger partial charge on any atom is 0.241 e. The Bertz CT molecular complexity index is 543. The first kappa shape index (κ1) is 13.7. The van der Waals surface area contributed by atoms with Gasteiger partial charge in [-0.2, -0.15) is 0 Å². The van der Waals surface area contributed by atoms with Crippen LogP contribution in [0.3, 0.4) is 0 Å². The molecule has 1 aromatic carbocycles. The maximum atomic E-state index is 10.8. The van der Waals surface area contributed by atoms with Gasteiger partial charge in [0.2, 0.25) is 11.8 Å². The van der Waals surface area contributed by atoms with E-state index in [2.05, 4.69) is 0 Å². The number of carbonyl (C=O) groups is 2. The summed E-state index contributed by atoms with van der Waals surface area (Å²) in [6, 6.07) is 3.81. The Morgan fingerprint density at radius 2 is 1.56 bits per heavy atom. The third-order valence-electron chi connectivity index (χ3n) is 2.62. The van der Waals surface area contributed by atoms with Gasteiger partial charge in [0.25, 0.3) is 0 Å². The molecule has 18 heavy (non-hydrogen) atoms. The third-order valence-corrected chi connectivity index (χ3v) is 2.62. The molecule has 94 valence electrons. The second-order valence-corrected chi connectivity index (χ2v) is 3.98. The fourth-order valence-corrected chi connectivity index (χ4v) is 1.66. The monoisotopic (exact) mass is 244 g/mol. The standard InChI is InChI=1S/C14H16N2O2/c1-9-3-4-11(5-7-13(15)17)10(2)12(9)6-8-14(16)18/h3-8H,1-2H3,(H2,15,17)(H2,16,18)/b7-5+,8-6+. The Morgan fingerprint density at radius 3 is 2.11 bits per heavy atom. The van der Waals surface area contributed by atoms with E-state index in [1.807, 2.05) is 26.0 Å². The molecule has 0 radical (unpaired) electrons. The zero-order chi connectivity index (χ0) is 13.7.